The van der Waals surface area contributed by atoms with Gasteiger partial charge in [0.05, 0.1) is 35.9 Å². The molecule has 113 valence electrons. The Hall–Kier alpha value is -0.0835. The molecule has 4 nitrogen and oxygen atoms in total. The van der Waals surface area contributed by atoms with Crippen molar-refractivity contribution in [2.45, 2.75) is 13.8 Å². The predicted molar refractivity (Wildman–Crippen MR) is 71.3 cm³/mol. The van der Waals surface area contributed by atoms with Gasteiger partial charge in [-0.05, 0) is 26.0 Å². The molecular weight excluding hydrogens is 431 g/mol. The molecule has 1 aliphatic rings. The average Bonchev–Trinajstić information content (AvgIpc) is 2.36. The van der Waals surface area contributed by atoms with Crippen LogP contribution >= 0.6 is 0 Å². The normalized spacial score (nSPS) is 20.1. The molecule has 0 unspecified atom stereocenters. The zero-order valence-electron chi connectivity index (χ0n) is 11.5. The van der Waals surface area contributed by atoms with E-state index < -0.39 is 0 Å². The molecule has 0 aliphatic carbocycles. The van der Waals surface area contributed by atoms with Crippen LogP contribution in [0.3, 0.4) is 0 Å². The van der Waals surface area contributed by atoms with Crippen LogP contribution in [0.5, 0.6) is 0 Å². The van der Waals surface area contributed by atoms with Crippen LogP contribution in [0, 0.1) is 0 Å². The van der Waals surface area contributed by atoms with Gasteiger partial charge in [-0.2, -0.15) is 0 Å². The van der Waals surface area contributed by atoms with E-state index in [0.717, 1.165) is 49.0 Å². The third-order valence-electron chi connectivity index (χ3n) is 2.77. The SMILES string of the molecule is C/C1=N\CCNCC/N=C(\C)c2cccc1n2.[Br-].[Br-].[Co+2]. The van der Waals surface area contributed by atoms with Gasteiger partial charge in [-0.3, -0.25) is 9.98 Å². The van der Waals surface area contributed by atoms with Gasteiger partial charge in [-0.25, -0.2) is 4.98 Å². The van der Waals surface area contributed by atoms with Crippen molar-refractivity contribution in [3.05, 3.63) is 29.6 Å². The molecular formula is C13H18Br2CoN4. The first-order chi connectivity index (χ1) is 8.27. The van der Waals surface area contributed by atoms with Crippen molar-refractivity contribution < 1.29 is 50.7 Å². The summed E-state index contributed by atoms with van der Waals surface area (Å²) in [7, 11) is 0. The third kappa shape index (κ3) is 6.58. The smallest absolute Gasteiger partial charge is 1.00 e. The second kappa shape index (κ2) is 11.6. The second-order valence-corrected chi connectivity index (χ2v) is 4.09. The number of hydrogen-bond donors (Lipinski definition) is 1. The summed E-state index contributed by atoms with van der Waals surface area (Å²) in [6.45, 7) is 7.38. The van der Waals surface area contributed by atoms with Gasteiger partial charge in [0.15, 0.2) is 0 Å². The van der Waals surface area contributed by atoms with Crippen molar-refractivity contribution in [1.82, 2.24) is 10.3 Å². The average molecular weight is 449 g/mol. The summed E-state index contributed by atoms with van der Waals surface area (Å²) in [6, 6.07) is 6.00. The molecule has 1 N–H and O–H groups in total. The summed E-state index contributed by atoms with van der Waals surface area (Å²) in [5.41, 5.74) is 3.86. The van der Waals surface area contributed by atoms with Gasteiger partial charge in [0, 0.05) is 13.1 Å². The number of aliphatic imine (C=N–C) groups is 2. The van der Waals surface area contributed by atoms with E-state index >= 15 is 0 Å². The summed E-state index contributed by atoms with van der Waals surface area (Å²) in [5.74, 6) is 0. The van der Waals surface area contributed by atoms with E-state index in [1.54, 1.807) is 0 Å². The van der Waals surface area contributed by atoms with Crippen molar-refractivity contribution in [3.63, 3.8) is 0 Å². The zero-order valence-corrected chi connectivity index (χ0v) is 15.7. The minimum atomic E-state index is 0. The quantitative estimate of drug-likeness (QED) is 0.434. The minimum absolute atomic E-state index is 0. The first kappa shape index (κ1) is 22.2. The van der Waals surface area contributed by atoms with Crippen molar-refractivity contribution in [3.8, 4) is 0 Å². The van der Waals surface area contributed by atoms with E-state index in [1.807, 2.05) is 32.0 Å². The monoisotopic (exact) mass is 447 g/mol. The number of pyridine rings is 1. The number of halogens is 2. The van der Waals surface area contributed by atoms with Crippen LogP contribution in [-0.2, 0) is 16.8 Å². The number of aromatic nitrogens is 1. The van der Waals surface area contributed by atoms with E-state index in [9.17, 15) is 0 Å². The Kier molecular flexibility index (Phi) is 12.8. The van der Waals surface area contributed by atoms with Crippen LogP contribution < -0.4 is 39.3 Å². The van der Waals surface area contributed by atoms with E-state index in [-0.39, 0.29) is 50.7 Å². The molecule has 0 spiro atoms. The van der Waals surface area contributed by atoms with Crippen molar-refractivity contribution in [2.24, 2.45) is 9.98 Å². The molecule has 1 aromatic heterocycles. The Morgan fingerprint density at radius 3 is 1.80 bits per heavy atom. The summed E-state index contributed by atoms with van der Waals surface area (Å²) in [6.07, 6.45) is 0. The van der Waals surface area contributed by atoms with Crippen LogP contribution in [0.2, 0.25) is 0 Å². The maximum Gasteiger partial charge on any atom is 2.00 e. The van der Waals surface area contributed by atoms with E-state index in [4.69, 9.17) is 0 Å². The first-order valence-electron chi connectivity index (χ1n) is 5.98. The van der Waals surface area contributed by atoms with Crippen molar-refractivity contribution in [2.75, 3.05) is 26.2 Å². The molecule has 1 aliphatic heterocycles. The molecule has 7 heteroatoms. The summed E-state index contributed by atoms with van der Waals surface area (Å²) in [4.78, 5) is 13.6. The van der Waals surface area contributed by atoms with Crippen LogP contribution in [0.15, 0.2) is 28.2 Å². The molecule has 1 aromatic rings. The predicted octanol–water partition coefficient (Wildman–Crippen LogP) is -4.69. The maximum absolute atomic E-state index is 4.59. The van der Waals surface area contributed by atoms with Gasteiger partial charge >= 0.3 is 16.8 Å². The zero-order chi connectivity index (χ0) is 12.1. The Balaban J connectivity index is 0. The summed E-state index contributed by atoms with van der Waals surface area (Å²) in [5, 5.41) is 3.32. The number of hydrogen-bond acceptors (Lipinski definition) is 4. The fourth-order valence-corrected chi connectivity index (χ4v) is 1.73. The Morgan fingerprint density at radius 2 is 1.35 bits per heavy atom. The third-order valence-corrected chi connectivity index (χ3v) is 2.77. The van der Waals surface area contributed by atoms with Crippen LogP contribution in [0.4, 0.5) is 0 Å². The Labute approximate surface area is 151 Å². The van der Waals surface area contributed by atoms with E-state index in [0.29, 0.717) is 0 Å². The van der Waals surface area contributed by atoms with E-state index in [2.05, 4.69) is 20.3 Å². The molecule has 0 aromatic carbocycles. The van der Waals surface area contributed by atoms with E-state index in [1.165, 1.54) is 0 Å². The Morgan fingerprint density at radius 1 is 0.900 bits per heavy atom. The fourth-order valence-electron chi connectivity index (χ4n) is 1.73. The molecule has 2 heterocycles. The number of rotatable bonds is 0. The van der Waals surface area contributed by atoms with Gasteiger partial charge in [0.2, 0.25) is 0 Å². The number of fused-ring (bicyclic) bond motifs is 2. The molecule has 0 atom stereocenters. The van der Waals surface area contributed by atoms with Crippen molar-refractivity contribution >= 4 is 11.4 Å². The second-order valence-electron chi connectivity index (χ2n) is 4.09. The molecule has 0 amide bonds. The van der Waals surface area contributed by atoms with Crippen LogP contribution in [-0.4, -0.2) is 42.6 Å². The summed E-state index contributed by atoms with van der Waals surface area (Å²) < 4.78 is 0. The molecule has 2 rings (SSSR count). The van der Waals surface area contributed by atoms with Gasteiger partial charge < -0.3 is 39.3 Å². The van der Waals surface area contributed by atoms with Crippen LogP contribution in [0.1, 0.15) is 25.2 Å². The van der Waals surface area contributed by atoms with Gasteiger partial charge in [-0.1, -0.05) is 6.07 Å². The number of nitrogens with zero attached hydrogens (tertiary/aromatic N) is 3. The van der Waals surface area contributed by atoms with Gasteiger partial charge in [-0.15, -0.1) is 0 Å². The maximum atomic E-state index is 4.59. The largest absolute Gasteiger partial charge is 2.00 e. The standard InChI is InChI=1S/C13H18N4.2BrH.Co/c1-10-12-4-3-5-13(17-12)11(2)16-9-7-14-6-8-15-10;;;/h3-5,14H,6-9H2,1-2H3;2*1H;/q;;;+2/p-2/b15-10+,16-11+;;;. The molecule has 0 fully saturated rings. The molecule has 2 bridgehead atoms. The van der Waals surface area contributed by atoms with Gasteiger partial charge in [0.25, 0.3) is 0 Å². The summed E-state index contributed by atoms with van der Waals surface area (Å²) >= 11 is 0. The molecule has 1 radical (unpaired) electrons. The van der Waals surface area contributed by atoms with Crippen LogP contribution in [0.25, 0.3) is 0 Å². The topological polar surface area (TPSA) is 49.6 Å². The van der Waals surface area contributed by atoms with Crippen molar-refractivity contribution in [1.29, 1.82) is 0 Å². The fraction of sp³-hybridized carbons (Fsp3) is 0.462. The molecule has 20 heavy (non-hydrogen) atoms. The number of nitrogens with one attached hydrogen (secondary N) is 1. The Bertz CT molecular complexity index is 426. The minimum Gasteiger partial charge on any atom is -1.00 e. The molecule has 0 saturated heterocycles. The molecule has 0 saturated carbocycles. The van der Waals surface area contributed by atoms with Gasteiger partial charge in [0.1, 0.15) is 0 Å². The first-order valence-corrected chi connectivity index (χ1v) is 5.98.